The van der Waals surface area contributed by atoms with Gasteiger partial charge in [0.15, 0.2) is 5.78 Å². The van der Waals surface area contributed by atoms with E-state index in [-0.39, 0.29) is 24.5 Å². The van der Waals surface area contributed by atoms with Crippen LogP contribution in [0.1, 0.15) is 28.1 Å². The summed E-state index contributed by atoms with van der Waals surface area (Å²) in [7, 11) is 0. The molecule has 1 aromatic heterocycles. The van der Waals surface area contributed by atoms with Gasteiger partial charge in [-0.2, -0.15) is 0 Å². The van der Waals surface area contributed by atoms with Gasteiger partial charge in [-0.05, 0) is 29.8 Å². The third-order valence-electron chi connectivity index (χ3n) is 4.15. The third kappa shape index (κ3) is 5.64. The molecular formula is C19H21ClN2O3S. The van der Waals surface area contributed by atoms with E-state index in [9.17, 15) is 9.59 Å². The Morgan fingerprint density at radius 2 is 1.96 bits per heavy atom. The zero-order valence-electron chi connectivity index (χ0n) is 14.4. The van der Waals surface area contributed by atoms with Crippen LogP contribution in [0.15, 0.2) is 36.4 Å². The molecule has 1 amide bonds. The lowest BCUT2D eigenvalue weighted by atomic mass is 10.1. The predicted octanol–water partition coefficient (Wildman–Crippen LogP) is 3.84. The Balaban J connectivity index is 1.49. The van der Waals surface area contributed by atoms with E-state index in [0.29, 0.717) is 9.21 Å². The minimum atomic E-state index is -0.162. The molecule has 2 heterocycles. The molecule has 1 aliphatic rings. The molecule has 2 aromatic rings. The zero-order valence-corrected chi connectivity index (χ0v) is 15.9. The van der Waals surface area contributed by atoms with Crippen molar-refractivity contribution in [2.45, 2.75) is 19.4 Å². The average molecular weight is 393 g/mol. The summed E-state index contributed by atoms with van der Waals surface area (Å²) in [5.41, 5.74) is 1.90. The number of anilines is 1. The summed E-state index contributed by atoms with van der Waals surface area (Å²) in [6, 6.07) is 11.2. The van der Waals surface area contributed by atoms with Crippen molar-refractivity contribution in [3.05, 3.63) is 51.2 Å². The van der Waals surface area contributed by atoms with Crippen molar-refractivity contribution in [2.24, 2.45) is 0 Å². The number of nitrogens with zero attached hydrogens (tertiary/aromatic N) is 1. The SMILES string of the molecule is O=C(CCC(=O)c1ccc(Cl)s1)Nc1cccc(CN2CCOCC2)c1. The zero-order chi connectivity index (χ0) is 18.4. The largest absolute Gasteiger partial charge is 0.379 e. The van der Waals surface area contributed by atoms with E-state index in [4.69, 9.17) is 16.3 Å². The number of ketones is 1. The Kier molecular flexibility index (Phi) is 6.80. The topological polar surface area (TPSA) is 58.6 Å². The van der Waals surface area contributed by atoms with Gasteiger partial charge in [-0.1, -0.05) is 23.7 Å². The summed E-state index contributed by atoms with van der Waals surface area (Å²) < 4.78 is 5.94. The van der Waals surface area contributed by atoms with Crippen LogP contribution in [-0.2, 0) is 16.1 Å². The number of ether oxygens (including phenoxy) is 1. The van der Waals surface area contributed by atoms with Gasteiger partial charge in [-0.15, -0.1) is 11.3 Å². The number of carbonyl (C=O) groups excluding carboxylic acids is 2. The monoisotopic (exact) mass is 392 g/mol. The Labute approximate surface area is 161 Å². The molecule has 0 spiro atoms. The van der Waals surface area contributed by atoms with Gasteiger partial charge >= 0.3 is 0 Å². The van der Waals surface area contributed by atoms with E-state index in [1.807, 2.05) is 18.2 Å². The van der Waals surface area contributed by atoms with Crippen LogP contribution in [0.3, 0.4) is 0 Å². The molecule has 7 heteroatoms. The maximum atomic E-state index is 12.1. The van der Waals surface area contributed by atoms with Crippen molar-refractivity contribution in [1.82, 2.24) is 4.90 Å². The van der Waals surface area contributed by atoms with E-state index in [0.717, 1.165) is 44.1 Å². The molecule has 0 saturated carbocycles. The molecule has 26 heavy (non-hydrogen) atoms. The van der Waals surface area contributed by atoms with Crippen molar-refractivity contribution in [1.29, 1.82) is 0 Å². The highest BCUT2D eigenvalue weighted by Crippen LogP contribution is 2.23. The molecule has 1 fully saturated rings. The molecule has 1 N–H and O–H groups in total. The maximum Gasteiger partial charge on any atom is 0.224 e. The van der Waals surface area contributed by atoms with Crippen molar-refractivity contribution in [3.63, 3.8) is 0 Å². The van der Waals surface area contributed by atoms with Crippen LogP contribution < -0.4 is 5.32 Å². The number of rotatable bonds is 7. The first-order valence-electron chi connectivity index (χ1n) is 8.57. The van der Waals surface area contributed by atoms with Gasteiger partial charge in [0.25, 0.3) is 0 Å². The Morgan fingerprint density at radius 1 is 1.15 bits per heavy atom. The molecule has 3 rings (SSSR count). The first-order valence-corrected chi connectivity index (χ1v) is 9.77. The molecule has 138 valence electrons. The fourth-order valence-corrected chi connectivity index (χ4v) is 3.81. The lowest BCUT2D eigenvalue weighted by molar-refractivity contribution is -0.116. The van der Waals surface area contributed by atoms with Crippen LogP contribution in [0.25, 0.3) is 0 Å². The highest BCUT2D eigenvalue weighted by atomic mass is 35.5. The van der Waals surface area contributed by atoms with Crippen LogP contribution in [0.5, 0.6) is 0 Å². The molecule has 1 saturated heterocycles. The number of hydrogen-bond donors (Lipinski definition) is 1. The van der Waals surface area contributed by atoms with E-state index in [1.165, 1.54) is 11.3 Å². The highest BCUT2D eigenvalue weighted by Gasteiger charge is 2.13. The number of carbonyl (C=O) groups is 2. The van der Waals surface area contributed by atoms with E-state index < -0.39 is 0 Å². The molecule has 1 aromatic carbocycles. The summed E-state index contributed by atoms with van der Waals surface area (Å²) in [6.07, 6.45) is 0.332. The number of nitrogens with one attached hydrogen (secondary N) is 1. The van der Waals surface area contributed by atoms with E-state index in [1.54, 1.807) is 12.1 Å². The number of hydrogen-bond acceptors (Lipinski definition) is 5. The lowest BCUT2D eigenvalue weighted by Gasteiger charge is -2.26. The minimum Gasteiger partial charge on any atom is -0.379 e. The van der Waals surface area contributed by atoms with Crippen molar-refractivity contribution >= 4 is 40.3 Å². The second-order valence-corrected chi connectivity index (χ2v) is 7.88. The second kappa shape index (κ2) is 9.28. The summed E-state index contributed by atoms with van der Waals surface area (Å²) in [4.78, 5) is 27.1. The summed E-state index contributed by atoms with van der Waals surface area (Å²) in [5, 5.41) is 2.87. The Bertz CT molecular complexity index is 772. The number of amides is 1. The summed E-state index contributed by atoms with van der Waals surface area (Å²) in [5.74, 6) is -0.220. The van der Waals surface area contributed by atoms with Crippen LogP contribution in [0.4, 0.5) is 5.69 Å². The summed E-state index contributed by atoms with van der Waals surface area (Å²) >= 11 is 7.08. The van der Waals surface area contributed by atoms with Crippen LogP contribution in [0.2, 0.25) is 4.34 Å². The molecule has 0 radical (unpaired) electrons. The molecule has 0 aliphatic carbocycles. The van der Waals surface area contributed by atoms with Gasteiger partial charge in [0.1, 0.15) is 0 Å². The smallest absolute Gasteiger partial charge is 0.224 e. The van der Waals surface area contributed by atoms with Crippen LogP contribution in [0, 0.1) is 0 Å². The molecule has 0 atom stereocenters. The van der Waals surface area contributed by atoms with Gasteiger partial charge in [0, 0.05) is 38.2 Å². The Hall–Kier alpha value is -1.73. The third-order valence-corrected chi connectivity index (χ3v) is 5.42. The number of morpholine rings is 1. The Morgan fingerprint density at radius 3 is 2.69 bits per heavy atom. The number of benzene rings is 1. The van der Waals surface area contributed by atoms with Gasteiger partial charge in [-0.3, -0.25) is 14.5 Å². The quantitative estimate of drug-likeness (QED) is 0.727. The van der Waals surface area contributed by atoms with Gasteiger partial charge < -0.3 is 10.1 Å². The molecule has 5 nitrogen and oxygen atoms in total. The number of thiophene rings is 1. The first-order chi connectivity index (χ1) is 12.6. The van der Waals surface area contributed by atoms with E-state index >= 15 is 0 Å². The van der Waals surface area contributed by atoms with Crippen molar-refractivity contribution in [2.75, 3.05) is 31.6 Å². The van der Waals surface area contributed by atoms with Crippen LogP contribution >= 0.6 is 22.9 Å². The fourth-order valence-electron chi connectivity index (χ4n) is 2.80. The normalized spacial score (nSPS) is 15.0. The number of Topliss-reactive ketones (excluding diaryl/α,β-unsaturated/α-hetero) is 1. The van der Waals surface area contributed by atoms with Crippen LogP contribution in [-0.4, -0.2) is 42.9 Å². The lowest BCUT2D eigenvalue weighted by Crippen LogP contribution is -2.35. The second-order valence-electron chi connectivity index (χ2n) is 6.16. The highest BCUT2D eigenvalue weighted by molar-refractivity contribution is 7.18. The fraction of sp³-hybridized carbons (Fsp3) is 0.368. The standard InChI is InChI=1S/C19H21ClN2O3S/c20-18-6-5-17(26-18)16(23)4-7-19(24)21-15-3-1-2-14(12-15)13-22-8-10-25-11-9-22/h1-3,5-6,12H,4,7-11,13H2,(H,21,24). The molecule has 0 bridgehead atoms. The average Bonchev–Trinajstić information content (AvgIpc) is 3.07. The maximum absolute atomic E-state index is 12.1. The minimum absolute atomic E-state index is 0.0573. The predicted molar refractivity (Wildman–Crippen MR) is 104 cm³/mol. The molecule has 1 aliphatic heterocycles. The van der Waals surface area contributed by atoms with Crippen molar-refractivity contribution < 1.29 is 14.3 Å². The van der Waals surface area contributed by atoms with E-state index in [2.05, 4.69) is 16.3 Å². The first kappa shape index (κ1) is 19.0. The van der Waals surface area contributed by atoms with Gasteiger partial charge in [-0.25, -0.2) is 0 Å². The van der Waals surface area contributed by atoms with Crippen molar-refractivity contribution in [3.8, 4) is 0 Å². The van der Waals surface area contributed by atoms with Gasteiger partial charge in [0.2, 0.25) is 5.91 Å². The molecular weight excluding hydrogens is 372 g/mol. The van der Waals surface area contributed by atoms with Gasteiger partial charge in [0.05, 0.1) is 22.4 Å². The number of halogens is 1. The summed E-state index contributed by atoms with van der Waals surface area (Å²) in [6.45, 7) is 4.21. The molecule has 0 unspecified atom stereocenters.